The molecule has 4 heteroatoms. The van der Waals surface area contributed by atoms with E-state index in [9.17, 15) is 0 Å². The van der Waals surface area contributed by atoms with Gasteiger partial charge >= 0.3 is 0 Å². The lowest BCUT2D eigenvalue weighted by atomic mass is 10.2. The third-order valence-corrected chi connectivity index (χ3v) is 2.83. The number of rotatable bonds is 6. The molecule has 1 aromatic heterocycles. The zero-order valence-corrected chi connectivity index (χ0v) is 12.3. The van der Waals surface area contributed by atoms with Gasteiger partial charge in [0.2, 0.25) is 0 Å². The number of nitrogens with one attached hydrogen (secondary N) is 1. The molecule has 1 heterocycles. The van der Waals surface area contributed by atoms with Crippen molar-refractivity contribution in [2.75, 3.05) is 18.5 Å². The molecule has 0 saturated carbocycles. The van der Waals surface area contributed by atoms with Gasteiger partial charge in [0.15, 0.2) is 5.82 Å². The van der Waals surface area contributed by atoms with Gasteiger partial charge < -0.3 is 10.1 Å². The first-order chi connectivity index (χ1) is 9.72. The van der Waals surface area contributed by atoms with E-state index >= 15 is 0 Å². The number of ether oxygens (including phenoxy) is 1. The standard InChI is InChI=1S/C16H21N3O/c1-4-10-17-15-11-12(3)18-16(19-15)13-6-8-14(9-7-13)20-5-2/h6-9,11H,4-5,10H2,1-3H3,(H,17,18,19). The van der Waals surface area contributed by atoms with Gasteiger partial charge in [-0.05, 0) is 44.5 Å². The molecule has 2 rings (SSSR count). The largest absolute Gasteiger partial charge is 0.494 e. The average Bonchev–Trinajstić information content (AvgIpc) is 2.46. The highest BCUT2D eigenvalue weighted by Gasteiger charge is 2.05. The normalized spacial score (nSPS) is 10.3. The third-order valence-electron chi connectivity index (χ3n) is 2.83. The molecule has 0 aliphatic carbocycles. The summed E-state index contributed by atoms with van der Waals surface area (Å²) in [7, 11) is 0. The van der Waals surface area contributed by atoms with Crippen molar-refractivity contribution in [1.29, 1.82) is 0 Å². The Bertz CT molecular complexity index is 552. The molecule has 0 aliphatic rings. The first kappa shape index (κ1) is 14.3. The fraction of sp³-hybridized carbons (Fsp3) is 0.375. The summed E-state index contributed by atoms with van der Waals surface area (Å²) in [5, 5.41) is 3.30. The van der Waals surface area contributed by atoms with E-state index in [1.54, 1.807) is 0 Å². The second kappa shape index (κ2) is 6.89. The van der Waals surface area contributed by atoms with Crippen molar-refractivity contribution in [2.45, 2.75) is 27.2 Å². The van der Waals surface area contributed by atoms with E-state index in [0.29, 0.717) is 6.61 Å². The molecule has 0 unspecified atom stereocenters. The second-order valence-corrected chi connectivity index (χ2v) is 4.60. The van der Waals surface area contributed by atoms with Gasteiger partial charge in [0.05, 0.1) is 6.61 Å². The molecule has 20 heavy (non-hydrogen) atoms. The number of aryl methyl sites for hydroxylation is 1. The highest BCUT2D eigenvalue weighted by atomic mass is 16.5. The summed E-state index contributed by atoms with van der Waals surface area (Å²) in [6.07, 6.45) is 1.07. The van der Waals surface area contributed by atoms with Gasteiger partial charge in [-0.3, -0.25) is 0 Å². The van der Waals surface area contributed by atoms with E-state index in [1.165, 1.54) is 0 Å². The number of aromatic nitrogens is 2. The smallest absolute Gasteiger partial charge is 0.161 e. The summed E-state index contributed by atoms with van der Waals surface area (Å²) in [5.41, 5.74) is 1.96. The van der Waals surface area contributed by atoms with E-state index in [-0.39, 0.29) is 0 Å². The van der Waals surface area contributed by atoms with Gasteiger partial charge in [-0.25, -0.2) is 9.97 Å². The van der Waals surface area contributed by atoms with Crippen molar-refractivity contribution >= 4 is 5.82 Å². The number of nitrogens with zero attached hydrogens (tertiary/aromatic N) is 2. The maximum Gasteiger partial charge on any atom is 0.161 e. The van der Waals surface area contributed by atoms with Crippen LogP contribution in [0.15, 0.2) is 30.3 Å². The molecule has 0 atom stereocenters. The second-order valence-electron chi connectivity index (χ2n) is 4.60. The van der Waals surface area contributed by atoms with Crippen molar-refractivity contribution in [3.05, 3.63) is 36.0 Å². The first-order valence-corrected chi connectivity index (χ1v) is 7.05. The maximum atomic E-state index is 5.44. The lowest BCUT2D eigenvalue weighted by Crippen LogP contribution is -2.04. The molecule has 2 aromatic rings. The van der Waals surface area contributed by atoms with Crippen LogP contribution < -0.4 is 10.1 Å². The Morgan fingerprint density at radius 1 is 1.10 bits per heavy atom. The Hall–Kier alpha value is -2.10. The molecule has 1 aromatic carbocycles. The Morgan fingerprint density at radius 2 is 1.85 bits per heavy atom. The predicted molar refractivity (Wildman–Crippen MR) is 82.2 cm³/mol. The Morgan fingerprint density at radius 3 is 2.50 bits per heavy atom. The molecular weight excluding hydrogens is 250 g/mol. The quantitative estimate of drug-likeness (QED) is 0.870. The first-order valence-electron chi connectivity index (χ1n) is 7.05. The fourth-order valence-electron chi connectivity index (χ4n) is 1.91. The Labute approximate surface area is 120 Å². The van der Waals surface area contributed by atoms with Gasteiger partial charge in [0, 0.05) is 23.9 Å². The molecule has 0 saturated heterocycles. The zero-order chi connectivity index (χ0) is 14.4. The topological polar surface area (TPSA) is 47.0 Å². The summed E-state index contributed by atoms with van der Waals surface area (Å²) in [5.74, 6) is 2.49. The lowest BCUT2D eigenvalue weighted by Gasteiger charge is -2.08. The van der Waals surface area contributed by atoms with Crippen molar-refractivity contribution in [3.8, 4) is 17.1 Å². The number of hydrogen-bond acceptors (Lipinski definition) is 4. The van der Waals surface area contributed by atoms with Crippen LogP contribution in [0, 0.1) is 6.92 Å². The molecule has 0 aliphatic heterocycles. The summed E-state index contributed by atoms with van der Waals surface area (Å²) >= 11 is 0. The average molecular weight is 271 g/mol. The minimum Gasteiger partial charge on any atom is -0.494 e. The third kappa shape index (κ3) is 3.70. The highest BCUT2D eigenvalue weighted by molar-refractivity contribution is 5.58. The molecule has 0 spiro atoms. The van der Waals surface area contributed by atoms with Crippen LogP contribution >= 0.6 is 0 Å². The van der Waals surface area contributed by atoms with Gasteiger partial charge in [-0.1, -0.05) is 6.92 Å². The molecule has 4 nitrogen and oxygen atoms in total. The summed E-state index contributed by atoms with van der Waals surface area (Å²) in [4.78, 5) is 9.05. The van der Waals surface area contributed by atoms with Crippen LogP contribution in [0.3, 0.4) is 0 Å². The molecule has 0 bridgehead atoms. The van der Waals surface area contributed by atoms with Crippen LogP contribution in [0.25, 0.3) is 11.4 Å². The van der Waals surface area contributed by atoms with Crippen molar-refractivity contribution < 1.29 is 4.74 Å². The molecule has 1 N–H and O–H groups in total. The number of hydrogen-bond donors (Lipinski definition) is 1. The van der Waals surface area contributed by atoms with E-state index in [0.717, 1.165) is 41.6 Å². The molecule has 0 amide bonds. The lowest BCUT2D eigenvalue weighted by molar-refractivity contribution is 0.340. The number of anilines is 1. The van der Waals surface area contributed by atoms with Gasteiger partial charge in [-0.15, -0.1) is 0 Å². The van der Waals surface area contributed by atoms with Crippen LogP contribution in [0.1, 0.15) is 26.0 Å². The number of benzene rings is 1. The molecule has 106 valence electrons. The van der Waals surface area contributed by atoms with Gasteiger partial charge in [-0.2, -0.15) is 0 Å². The minimum atomic E-state index is 0.672. The molecular formula is C16H21N3O. The van der Waals surface area contributed by atoms with Crippen LogP contribution in [0.5, 0.6) is 5.75 Å². The van der Waals surface area contributed by atoms with E-state index in [2.05, 4.69) is 22.2 Å². The monoisotopic (exact) mass is 271 g/mol. The van der Waals surface area contributed by atoms with E-state index < -0.39 is 0 Å². The van der Waals surface area contributed by atoms with Crippen LogP contribution in [0.4, 0.5) is 5.82 Å². The van der Waals surface area contributed by atoms with E-state index in [4.69, 9.17) is 4.74 Å². The highest BCUT2D eigenvalue weighted by Crippen LogP contribution is 2.21. The van der Waals surface area contributed by atoms with Crippen molar-refractivity contribution in [3.63, 3.8) is 0 Å². The summed E-state index contributed by atoms with van der Waals surface area (Å²) in [6.45, 7) is 7.68. The van der Waals surface area contributed by atoms with Crippen molar-refractivity contribution in [1.82, 2.24) is 9.97 Å². The molecule has 0 radical (unpaired) electrons. The summed E-state index contributed by atoms with van der Waals surface area (Å²) in [6, 6.07) is 9.84. The van der Waals surface area contributed by atoms with Crippen LogP contribution in [0.2, 0.25) is 0 Å². The van der Waals surface area contributed by atoms with Crippen LogP contribution in [-0.2, 0) is 0 Å². The van der Waals surface area contributed by atoms with E-state index in [1.807, 2.05) is 44.2 Å². The maximum absolute atomic E-state index is 5.44. The predicted octanol–water partition coefficient (Wildman–Crippen LogP) is 3.67. The SMILES string of the molecule is CCCNc1cc(C)nc(-c2ccc(OCC)cc2)n1. The zero-order valence-electron chi connectivity index (χ0n) is 12.3. The Kier molecular flexibility index (Phi) is 4.93. The van der Waals surface area contributed by atoms with Gasteiger partial charge in [0.25, 0.3) is 0 Å². The molecule has 0 fully saturated rings. The van der Waals surface area contributed by atoms with Crippen LogP contribution in [-0.4, -0.2) is 23.1 Å². The van der Waals surface area contributed by atoms with Gasteiger partial charge in [0.1, 0.15) is 11.6 Å². The fourth-order valence-corrected chi connectivity index (χ4v) is 1.91. The minimum absolute atomic E-state index is 0.672. The summed E-state index contributed by atoms with van der Waals surface area (Å²) < 4.78 is 5.44. The Balaban J connectivity index is 2.24. The van der Waals surface area contributed by atoms with Crippen molar-refractivity contribution in [2.24, 2.45) is 0 Å².